The quantitative estimate of drug-likeness (QED) is 0.864. The molecule has 8 heteroatoms. The van der Waals surface area contributed by atoms with Crippen LogP contribution in [0.5, 0.6) is 0 Å². The van der Waals surface area contributed by atoms with Crippen LogP contribution in [-0.2, 0) is 16.0 Å². The molecule has 3 N–H and O–H groups in total. The number of aliphatic carboxylic acids is 1. The molecule has 1 saturated heterocycles. The summed E-state index contributed by atoms with van der Waals surface area (Å²) in [6.07, 6.45) is -1.49. The van der Waals surface area contributed by atoms with E-state index in [0.29, 0.717) is 13.0 Å². The Labute approximate surface area is 144 Å². The van der Waals surface area contributed by atoms with E-state index in [-0.39, 0.29) is 11.9 Å². The summed E-state index contributed by atoms with van der Waals surface area (Å²) < 4.78 is 31.7. The van der Waals surface area contributed by atoms with Crippen LogP contribution in [0.3, 0.4) is 0 Å². The Hall–Kier alpha value is -2.09. The van der Waals surface area contributed by atoms with Gasteiger partial charge in [-0.15, -0.1) is 0 Å². The highest BCUT2D eigenvalue weighted by molar-refractivity contribution is 5.77. The van der Waals surface area contributed by atoms with Crippen LogP contribution in [0.4, 0.5) is 13.2 Å². The van der Waals surface area contributed by atoms with Crippen molar-refractivity contribution in [3.05, 3.63) is 35.4 Å². The third kappa shape index (κ3) is 6.74. The van der Waals surface area contributed by atoms with Crippen LogP contribution in [0, 0.1) is 6.92 Å². The van der Waals surface area contributed by atoms with Crippen molar-refractivity contribution in [1.82, 2.24) is 4.90 Å². The van der Waals surface area contributed by atoms with Gasteiger partial charge < -0.3 is 15.7 Å². The maximum absolute atomic E-state index is 12.2. The summed E-state index contributed by atoms with van der Waals surface area (Å²) >= 11 is 0. The minimum atomic E-state index is -5.08. The van der Waals surface area contributed by atoms with E-state index in [9.17, 15) is 18.0 Å². The van der Waals surface area contributed by atoms with E-state index in [0.717, 1.165) is 25.8 Å². The van der Waals surface area contributed by atoms with Gasteiger partial charge in [-0.25, -0.2) is 4.79 Å². The molecule has 1 aliphatic rings. The van der Waals surface area contributed by atoms with Gasteiger partial charge in [-0.05, 0) is 37.3 Å². The van der Waals surface area contributed by atoms with Gasteiger partial charge in [-0.3, -0.25) is 4.79 Å². The van der Waals surface area contributed by atoms with Crippen LogP contribution in [0.15, 0.2) is 24.3 Å². The van der Waals surface area contributed by atoms with Crippen molar-refractivity contribution in [2.75, 3.05) is 13.1 Å². The Bertz CT molecular complexity index is 591. The molecule has 1 aromatic carbocycles. The predicted molar refractivity (Wildman–Crippen MR) is 87.0 cm³/mol. The Kier molecular flexibility index (Phi) is 7.89. The smallest absolute Gasteiger partial charge is 0.475 e. The fourth-order valence-corrected chi connectivity index (χ4v) is 2.68. The van der Waals surface area contributed by atoms with Crippen LogP contribution in [0.1, 0.15) is 30.4 Å². The molecule has 0 radical (unpaired) electrons. The molecule has 1 atom stereocenters. The topological polar surface area (TPSA) is 83.6 Å². The van der Waals surface area contributed by atoms with E-state index in [1.807, 2.05) is 17.0 Å². The van der Waals surface area contributed by atoms with E-state index in [1.165, 1.54) is 11.1 Å². The van der Waals surface area contributed by atoms with Crippen LogP contribution in [-0.4, -0.2) is 47.2 Å². The number of hydrogen-bond donors (Lipinski definition) is 2. The van der Waals surface area contributed by atoms with Gasteiger partial charge in [-0.2, -0.15) is 13.2 Å². The first-order chi connectivity index (χ1) is 11.7. The molecule has 1 amide bonds. The zero-order valence-corrected chi connectivity index (χ0v) is 14.1. The standard InChI is InChI=1S/C15H22N2O.C2HF3O2/c1-12-5-2-3-6-13(12)8-9-15(18)17-10-4-7-14(17)11-16;3-2(4,5)1(6)7/h2-3,5-6,14H,4,7-11,16H2,1H3;(H,6,7). The molecule has 1 aromatic rings. The number of carboxylic acids is 1. The molecular formula is C17H23F3N2O3. The summed E-state index contributed by atoms with van der Waals surface area (Å²) in [5.41, 5.74) is 8.24. The normalized spacial score (nSPS) is 17.0. The maximum atomic E-state index is 12.2. The fourth-order valence-electron chi connectivity index (χ4n) is 2.68. The summed E-state index contributed by atoms with van der Waals surface area (Å²) in [4.78, 5) is 23.0. The average molecular weight is 360 g/mol. The molecule has 25 heavy (non-hydrogen) atoms. The van der Waals surface area contributed by atoms with Crippen LogP contribution in [0.25, 0.3) is 0 Å². The molecule has 2 rings (SSSR count). The van der Waals surface area contributed by atoms with E-state index in [2.05, 4.69) is 19.1 Å². The number of benzene rings is 1. The number of aryl methyl sites for hydroxylation is 2. The van der Waals surface area contributed by atoms with Crippen molar-refractivity contribution in [3.8, 4) is 0 Å². The molecule has 5 nitrogen and oxygen atoms in total. The monoisotopic (exact) mass is 360 g/mol. The minimum Gasteiger partial charge on any atom is -0.475 e. The molecule has 1 heterocycles. The largest absolute Gasteiger partial charge is 0.490 e. The fraction of sp³-hybridized carbons (Fsp3) is 0.529. The molecule has 1 aliphatic heterocycles. The minimum absolute atomic E-state index is 0.256. The Morgan fingerprint density at radius 1 is 1.32 bits per heavy atom. The molecule has 1 fully saturated rings. The van der Waals surface area contributed by atoms with Gasteiger partial charge in [0.2, 0.25) is 5.91 Å². The lowest BCUT2D eigenvalue weighted by Gasteiger charge is -2.23. The second-order valence-electron chi connectivity index (χ2n) is 5.85. The summed E-state index contributed by atoms with van der Waals surface area (Å²) in [6.45, 7) is 3.57. The Morgan fingerprint density at radius 3 is 2.44 bits per heavy atom. The predicted octanol–water partition coefficient (Wildman–Crippen LogP) is 2.51. The van der Waals surface area contributed by atoms with Gasteiger partial charge in [0, 0.05) is 25.6 Å². The number of carbonyl (C=O) groups excluding carboxylic acids is 1. The van der Waals surface area contributed by atoms with Crippen molar-refractivity contribution < 1.29 is 27.9 Å². The zero-order chi connectivity index (χ0) is 19.0. The summed E-state index contributed by atoms with van der Waals surface area (Å²) in [5.74, 6) is -2.50. The number of amides is 1. The molecule has 0 spiro atoms. The lowest BCUT2D eigenvalue weighted by atomic mass is 10.0. The van der Waals surface area contributed by atoms with E-state index in [4.69, 9.17) is 15.6 Å². The number of carboxylic acid groups (broad SMARTS) is 1. The lowest BCUT2D eigenvalue weighted by Crippen LogP contribution is -2.40. The Balaban J connectivity index is 0.000000381. The third-order valence-corrected chi connectivity index (χ3v) is 4.08. The van der Waals surface area contributed by atoms with E-state index < -0.39 is 12.1 Å². The number of nitrogens with zero attached hydrogens (tertiary/aromatic N) is 1. The van der Waals surface area contributed by atoms with Gasteiger partial charge in [0.15, 0.2) is 0 Å². The first-order valence-corrected chi connectivity index (χ1v) is 8.01. The SMILES string of the molecule is Cc1ccccc1CCC(=O)N1CCCC1CN.O=C(O)C(F)(F)F. The highest BCUT2D eigenvalue weighted by Crippen LogP contribution is 2.18. The number of likely N-dealkylation sites (tertiary alicyclic amines) is 1. The highest BCUT2D eigenvalue weighted by atomic mass is 19.4. The average Bonchev–Trinajstić information content (AvgIpc) is 3.02. The third-order valence-electron chi connectivity index (χ3n) is 4.08. The molecule has 1 unspecified atom stereocenters. The number of carbonyl (C=O) groups is 2. The first-order valence-electron chi connectivity index (χ1n) is 8.01. The molecule has 0 aromatic heterocycles. The number of halogens is 3. The van der Waals surface area contributed by atoms with Gasteiger partial charge in [0.05, 0.1) is 0 Å². The second-order valence-corrected chi connectivity index (χ2v) is 5.85. The van der Waals surface area contributed by atoms with Gasteiger partial charge >= 0.3 is 12.1 Å². The highest BCUT2D eigenvalue weighted by Gasteiger charge is 2.38. The van der Waals surface area contributed by atoms with Crippen molar-refractivity contribution in [2.24, 2.45) is 5.73 Å². The van der Waals surface area contributed by atoms with E-state index in [1.54, 1.807) is 0 Å². The van der Waals surface area contributed by atoms with Crippen molar-refractivity contribution >= 4 is 11.9 Å². The summed E-state index contributed by atoms with van der Waals surface area (Å²) in [6, 6.07) is 8.54. The molecule has 0 aliphatic carbocycles. The molecule has 0 bridgehead atoms. The summed E-state index contributed by atoms with van der Waals surface area (Å²) in [7, 11) is 0. The van der Waals surface area contributed by atoms with Crippen molar-refractivity contribution in [2.45, 2.75) is 44.8 Å². The van der Waals surface area contributed by atoms with Crippen molar-refractivity contribution in [1.29, 1.82) is 0 Å². The maximum Gasteiger partial charge on any atom is 0.490 e. The van der Waals surface area contributed by atoms with Gasteiger partial charge in [0.25, 0.3) is 0 Å². The van der Waals surface area contributed by atoms with Crippen LogP contribution in [0.2, 0.25) is 0 Å². The molecular weight excluding hydrogens is 337 g/mol. The number of hydrogen-bond acceptors (Lipinski definition) is 3. The van der Waals surface area contributed by atoms with Crippen molar-refractivity contribution in [3.63, 3.8) is 0 Å². The molecule has 0 saturated carbocycles. The lowest BCUT2D eigenvalue weighted by molar-refractivity contribution is -0.192. The Morgan fingerprint density at radius 2 is 1.92 bits per heavy atom. The van der Waals surface area contributed by atoms with Gasteiger partial charge in [-0.1, -0.05) is 24.3 Å². The van der Waals surface area contributed by atoms with E-state index >= 15 is 0 Å². The zero-order valence-electron chi connectivity index (χ0n) is 14.1. The number of nitrogens with two attached hydrogens (primary N) is 1. The van der Waals surface area contributed by atoms with Crippen LogP contribution < -0.4 is 5.73 Å². The van der Waals surface area contributed by atoms with Crippen LogP contribution >= 0.6 is 0 Å². The van der Waals surface area contributed by atoms with Gasteiger partial charge in [0.1, 0.15) is 0 Å². The second kappa shape index (κ2) is 9.41. The first kappa shape index (κ1) is 21.0. The number of alkyl halides is 3. The summed E-state index contributed by atoms with van der Waals surface area (Å²) in [5, 5.41) is 7.12. The molecule has 140 valence electrons. The number of rotatable bonds is 4.